The number of carbonyl (C=O) groups excluding carboxylic acids is 3. The maximum atomic E-state index is 12.5. The van der Waals surface area contributed by atoms with Gasteiger partial charge in [0.25, 0.3) is 5.91 Å². The molecule has 0 aliphatic carbocycles. The first-order valence-electron chi connectivity index (χ1n) is 12.8. The Morgan fingerprint density at radius 3 is 2.56 bits per heavy atom. The van der Waals surface area contributed by atoms with E-state index in [0.717, 1.165) is 10.0 Å². The highest BCUT2D eigenvalue weighted by molar-refractivity contribution is 9.10. The van der Waals surface area contributed by atoms with Gasteiger partial charge in [-0.05, 0) is 48.9 Å². The van der Waals surface area contributed by atoms with Gasteiger partial charge in [0.2, 0.25) is 0 Å². The van der Waals surface area contributed by atoms with Gasteiger partial charge in [-0.2, -0.15) is 5.10 Å². The molecule has 0 spiro atoms. The van der Waals surface area contributed by atoms with Crippen molar-refractivity contribution in [2.75, 3.05) is 20.8 Å². The van der Waals surface area contributed by atoms with Gasteiger partial charge in [-0.25, -0.2) is 15.0 Å². The van der Waals surface area contributed by atoms with Crippen molar-refractivity contribution in [3.63, 3.8) is 0 Å². The van der Waals surface area contributed by atoms with Crippen LogP contribution in [0.15, 0.2) is 81.5 Å². The number of rotatable bonds is 11. The van der Waals surface area contributed by atoms with Crippen LogP contribution in [-0.4, -0.2) is 44.9 Å². The molecule has 1 aliphatic rings. The Labute approximate surface area is 261 Å². The van der Waals surface area contributed by atoms with Crippen molar-refractivity contribution in [3.8, 4) is 17.2 Å². The zero-order valence-electron chi connectivity index (χ0n) is 23.4. The summed E-state index contributed by atoms with van der Waals surface area (Å²) in [4.78, 5) is 37.0. The second-order valence-corrected chi connectivity index (χ2v) is 10.4. The highest BCUT2D eigenvalue weighted by Crippen LogP contribution is 2.34. The summed E-state index contributed by atoms with van der Waals surface area (Å²) in [5.74, 6) is 0.000328. The predicted octanol–water partition coefficient (Wildman–Crippen LogP) is 5.02. The summed E-state index contributed by atoms with van der Waals surface area (Å²) in [7, 11) is 2.69. The van der Waals surface area contributed by atoms with E-state index in [1.54, 1.807) is 43.3 Å². The highest BCUT2D eigenvalue weighted by atomic mass is 79.9. The fourth-order valence-electron chi connectivity index (χ4n) is 4.18. The van der Waals surface area contributed by atoms with E-state index in [-0.39, 0.29) is 30.3 Å². The third-order valence-corrected chi connectivity index (χ3v) is 7.12. The predicted molar refractivity (Wildman–Crippen MR) is 163 cm³/mol. The molecule has 43 heavy (non-hydrogen) atoms. The summed E-state index contributed by atoms with van der Waals surface area (Å²) < 4.78 is 22.7. The van der Waals surface area contributed by atoms with Gasteiger partial charge in [0.15, 0.2) is 18.1 Å². The van der Waals surface area contributed by atoms with E-state index in [4.69, 9.17) is 30.5 Å². The Bertz CT molecular complexity index is 1590. The summed E-state index contributed by atoms with van der Waals surface area (Å²) in [6.45, 7) is 1.50. The molecule has 0 saturated heterocycles. The van der Waals surface area contributed by atoms with Crippen molar-refractivity contribution in [2.24, 2.45) is 5.10 Å². The quantitative estimate of drug-likeness (QED) is 0.148. The van der Waals surface area contributed by atoms with E-state index >= 15 is 0 Å². The van der Waals surface area contributed by atoms with Crippen LogP contribution in [0, 0.1) is 0 Å². The second-order valence-electron chi connectivity index (χ2n) is 9.12. The number of hydrazone groups is 1. The minimum absolute atomic E-state index is 0.248. The number of esters is 1. The maximum absolute atomic E-state index is 12.5. The third-order valence-electron chi connectivity index (χ3n) is 6.26. The van der Waals surface area contributed by atoms with Crippen LogP contribution >= 0.6 is 27.5 Å². The van der Waals surface area contributed by atoms with Gasteiger partial charge in [-0.15, -0.1) is 0 Å². The minimum Gasteiger partial charge on any atom is -0.493 e. The minimum atomic E-state index is -0.779. The van der Waals surface area contributed by atoms with Crippen molar-refractivity contribution in [3.05, 3.63) is 98.1 Å². The molecule has 4 rings (SSSR count). The molecule has 11 nitrogen and oxygen atoms in total. The van der Waals surface area contributed by atoms with E-state index in [1.807, 2.05) is 24.3 Å². The average molecular weight is 672 g/mol. The van der Waals surface area contributed by atoms with E-state index in [0.29, 0.717) is 27.6 Å². The lowest BCUT2D eigenvalue weighted by Crippen LogP contribution is -2.45. The molecule has 3 amide bonds. The molecule has 224 valence electrons. The summed E-state index contributed by atoms with van der Waals surface area (Å²) in [6.07, 6.45) is 1.46. The number of benzene rings is 3. The summed E-state index contributed by atoms with van der Waals surface area (Å²) in [6, 6.07) is 16.4. The molecule has 0 fully saturated rings. The van der Waals surface area contributed by atoms with Crippen LogP contribution in [0.2, 0.25) is 5.02 Å². The largest absolute Gasteiger partial charge is 0.493 e. The molecule has 13 heteroatoms. The maximum Gasteiger partial charge on any atom is 0.337 e. The number of nitrogens with zero attached hydrogens (tertiary/aromatic N) is 1. The molecule has 0 unspecified atom stereocenters. The Balaban J connectivity index is 1.39. The zero-order valence-corrected chi connectivity index (χ0v) is 25.7. The second kappa shape index (κ2) is 14.6. The van der Waals surface area contributed by atoms with Crippen molar-refractivity contribution >= 4 is 51.7 Å². The van der Waals surface area contributed by atoms with Gasteiger partial charge in [-0.3, -0.25) is 4.79 Å². The molecule has 0 aromatic heterocycles. The molecule has 0 bridgehead atoms. The first-order chi connectivity index (χ1) is 20.7. The van der Waals surface area contributed by atoms with Crippen LogP contribution in [0.25, 0.3) is 0 Å². The van der Waals surface area contributed by atoms with Crippen molar-refractivity contribution in [1.82, 2.24) is 16.1 Å². The van der Waals surface area contributed by atoms with Crippen LogP contribution in [0.3, 0.4) is 0 Å². The average Bonchev–Trinajstić information content (AvgIpc) is 2.99. The lowest BCUT2D eigenvalue weighted by molar-refractivity contribution is -0.136. The van der Waals surface area contributed by atoms with Crippen molar-refractivity contribution in [1.29, 1.82) is 0 Å². The Hall–Kier alpha value is -4.55. The smallest absolute Gasteiger partial charge is 0.337 e. The number of urea groups is 1. The number of hydrogen-bond acceptors (Lipinski definition) is 8. The number of amides is 3. The van der Waals surface area contributed by atoms with Gasteiger partial charge in [0.05, 0.1) is 32.0 Å². The Kier molecular flexibility index (Phi) is 10.6. The molecule has 3 aromatic rings. The van der Waals surface area contributed by atoms with Crippen LogP contribution in [-0.2, 0) is 20.9 Å². The normalized spacial score (nSPS) is 14.5. The SMILES string of the molecule is COC(=O)C1=C(C)NC(=O)N[C@H]1c1ccc(OCC(=O)N/N=C\c2cc(Br)ccc2OCc2ccccc2Cl)c(OC)c1. The number of allylic oxidation sites excluding steroid dienone is 1. The van der Waals surface area contributed by atoms with Crippen molar-refractivity contribution in [2.45, 2.75) is 19.6 Å². The molecular formula is C30H28BrClN4O7. The van der Waals surface area contributed by atoms with Crippen LogP contribution in [0.5, 0.6) is 17.2 Å². The number of methoxy groups -OCH3 is 2. The van der Waals surface area contributed by atoms with Crippen molar-refractivity contribution < 1.29 is 33.3 Å². The van der Waals surface area contributed by atoms with Gasteiger partial charge >= 0.3 is 12.0 Å². The van der Waals surface area contributed by atoms with Gasteiger partial charge in [0, 0.05) is 26.3 Å². The summed E-state index contributed by atoms with van der Waals surface area (Å²) in [5, 5.41) is 9.91. The van der Waals surface area contributed by atoms with E-state index < -0.39 is 23.9 Å². The summed E-state index contributed by atoms with van der Waals surface area (Å²) in [5.41, 5.74) is 5.06. The third kappa shape index (κ3) is 8.05. The van der Waals surface area contributed by atoms with Gasteiger partial charge in [-0.1, -0.05) is 51.8 Å². The van der Waals surface area contributed by atoms with Gasteiger partial charge < -0.3 is 29.6 Å². The molecular weight excluding hydrogens is 644 g/mol. The molecule has 0 radical (unpaired) electrons. The molecule has 3 aromatic carbocycles. The van der Waals surface area contributed by atoms with E-state index in [2.05, 4.69) is 37.1 Å². The Morgan fingerprint density at radius 2 is 1.81 bits per heavy atom. The monoisotopic (exact) mass is 670 g/mol. The fraction of sp³-hybridized carbons (Fsp3) is 0.200. The topological polar surface area (TPSA) is 137 Å². The lowest BCUT2D eigenvalue weighted by atomic mass is 9.95. The molecule has 1 atom stereocenters. The number of ether oxygens (including phenoxy) is 4. The number of nitrogens with one attached hydrogen (secondary N) is 3. The summed E-state index contributed by atoms with van der Waals surface area (Å²) >= 11 is 9.66. The highest BCUT2D eigenvalue weighted by Gasteiger charge is 2.32. The number of halogens is 2. The molecule has 1 heterocycles. The molecule has 0 saturated carbocycles. The fourth-order valence-corrected chi connectivity index (χ4v) is 4.75. The number of carbonyl (C=O) groups is 3. The lowest BCUT2D eigenvalue weighted by Gasteiger charge is -2.28. The molecule has 1 aliphatic heterocycles. The Morgan fingerprint density at radius 1 is 1.05 bits per heavy atom. The van der Waals surface area contributed by atoms with Gasteiger partial charge in [0.1, 0.15) is 12.4 Å². The first kappa shape index (κ1) is 31.4. The standard InChI is InChI=1S/C30H28BrClN4O7/c1-17-27(29(38)41-3)28(35-30(39)34-17)18-8-10-24(25(13-18)40-2)43-16-26(37)36-33-14-20-12-21(31)9-11-23(20)42-15-19-6-4-5-7-22(19)32/h4-14,28H,15-16H2,1-3H3,(H,36,37)(H2,34,35,39)/b33-14-/t28-/m0/s1. The first-order valence-corrected chi connectivity index (χ1v) is 14.0. The van der Waals surface area contributed by atoms with Crippen LogP contribution in [0.4, 0.5) is 4.79 Å². The van der Waals surface area contributed by atoms with E-state index in [9.17, 15) is 14.4 Å². The molecule has 3 N–H and O–H groups in total. The zero-order chi connectivity index (χ0) is 30.9. The number of hydrogen-bond donors (Lipinski definition) is 3. The van der Waals surface area contributed by atoms with E-state index in [1.165, 1.54) is 20.4 Å². The van der Waals surface area contributed by atoms with Crippen LogP contribution in [0.1, 0.15) is 29.7 Å². The van der Waals surface area contributed by atoms with Crippen LogP contribution < -0.4 is 30.3 Å².